The topological polar surface area (TPSA) is 88.8 Å². The van der Waals surface area contributed by atoms with E-state index in [1.165, 1.54) is 22.5 Å². The van der Waals surface area contributed by atoms with Crippen LogP contribution in [0.1, 0.15) is 35.4 Å². The fourth-order valence-electron chi connectivity index (χ4n) is 3.74. The molecule has 0 unspecified atom stereocenters. The summed E-state index contributed by atoms with van der Waals surface area (Å²) in [6.45, 7) is 2.77. The Hall–Kier alpha value is -2.55. The van der Waals surface area contributed by atoms with Gasteiger partial charge in [0.25, 0.3) is 5.91 Å². The van der Waals surface area contributed by atoms with Crippen LogP contribution in [0.4, 0.5) is 5.69 Å². The molecule has 0 bridgehead atoms. The fraction of sp³-hybridized carbons (Fsp3) is 0.318. The second kappa shape index (κ2) is 8.53. The van der Waals surface area contributed by atoms with Crippen molar-refractivity contribution >= 4 is 44.2 Å². The molecule has 9 heteroatoms. The number of benzene rings is 2. The number of fused-ring (bicyclic) bond motifs is 1. The molecule has 4 rings (SSSR count). The lowest BCUT2D eigenvalue weighted by Crippen LogP contribution is -2.35. The summed E-state index contributed by atoms with van der Waals surface area (Å²) in [5.74, 6) is 0.271. The smallest absolute Gasteiger partial charge is 0.291 e. The molecule has 0 radical (unpaired) electrons. The van der Waals surface area contributed by atoms with E-state index in [4.69, 9.17) is 20.8 Å². The first-order valence-corrected chi connectivity index (χ1v) is 11.8. The third kappa shape index (κ3) is 4.15. The van der Waals surface area contributed by atoms with Crippen LogP contribution in [-0.2, 0) is 10.0 Å². The number of nitrogens with zero attached hydrogens (tertiary/aromatic N) is 1. The normalized spacial score (nSPS) is 15.2. The van der Waals surface area contributed by atoms with E-state index in [0.717, 1.165) is 24.6 Å². The van der Waals surface area contributed by atoms with Gasteiger partial charge >= 0.3 is 0 Å². The van der Waals surface area contributed by atoms with Crippen molar-refractivity contribution in [2.24, 2.45) is 0 Å². The summed E-state index contributed by atoms with van der Waals surface area (Å²) in [4.78, 5) is 13.0. The van der Waals surface area contributed by atoms with Crippen LogP contribution < -0.4 is 10.1 Å². The number of hydrogen-bond donors (Lipinski definition) is 1. The molecule has 3 aromatic rings. The monoisotopic (exact) mass is 462 g/mol. The van der Waals surface area contributed by atoms with Gasteiger partial charge in [0.15, 0.2) is 5.76 Å². The molecular weight excluding hydrogens is 440 g/mol. The molecule has 0 spiro atoms. The lowest BCUT2D eigenvalue weighted by molar-refractivity contribution is 0.0998. The lowest BCUT2D eigenvalue weighted by Gasteiger charge is -2.26. The van der Waals surface area contributed by atoms with Crippen molar-refractivity contribution in [3.8, 4) is 5.75 Å². The molecule has 1 fully saturated rings. The van der Waals surface area contributed by atoms with Crippen LogP contribution in [0, 0.1) is 6.92 Å². The number of ether oxygens (including phenoxy) is 1. The summed E-state index contributed by atoms with van der Waals surface area (Å²) in [7, 11) is -2.09. The Kier molecular flexibility index (Phi) is 5.96. The van der Waals surface area contributed by atoms with Gasteiger partial charge in [-0.05, 0) is 56.2 Å². The number of aryl methyl sites for hydroxylation is 1. The number of methoxy groups -OCH3 is 1. The summed E-state index contributed by atoms with van der Waals surface area (Å²) < 4.78 is 38.4. The van der Waals surface area contributed by atoms with Gasteiger partial charge in [0.05, 0.1) is 22.7 Å². The van der Waals surface area contributed by atoms with Crippen LogP contribution in [0.15, 0.2) is 45.7 Å². The van der Waals surface area contributed by atoms with E-state index >= 15 is 0 Å². The first-order valence-electron chi connectivity index (χ1n) is 9.99. The van der Waals surface area contributed by atoms with E-state index < -0.39 is 15.9 Å². The summed E-state index contributed by atoms with van der Waals surface area (Å²) in [6, 6.07) is 9.61. The minimum atomic E-state index is -3.65. The number of rotatable bonds is 5. The molecule has 1 saturated heterocycles. The minimum Gasteiger partial charge on any atom is -0.497 e. The molecule has 1 amide bonds. The van der Waals surface area contributed by atoms with Gasteiger partial charge < -0.3 is 14.5 Å². The van der Waals surface area contributed by atoms with Crippen LogP contribution >= 0.6 is 11.6 Å². The van der Waals surface area contributed by atoms with Gasteiger partial charge in [-0.3, -0.25) is 4.79 Å². The highest BCUT2D eigenvalue weighted by Gasteiger charge is 2.27. The Bertz CT molecular complexity index is 1250. The maximum absolute atomic E-state index is 13.0. The number of hydrogen-bond acceptors (Lipinski definition) is 5. The molecule has 1 aliphatic heterocycles. The van der Waals surface area contributed by atoms with Crippen molar-refractivity contribution in [1.29, 1.82) is 0 Å². The zero-order valence-corrected chi connectivity index (χ0v) is 18.8. The highest BCUT2D eigenvalue weighted by molar-refractivity contribution is 7.89. The minimum absolute atomic E-state index is 0.0974. The molecule has 1 aliphatic rings. The third-order valence-corrected chi connectivity index (χ3v) is 7.71. The van der Waals surface area contributed by atoms with Gasteiger partial charge in [-0.15, -0.1) is 0 Å². The summed E-state index contributed by atoms with van der Waals surface area (Å²) in [5, 5.41) is 3.69. The summed E-state index contributed by atoms with van der Waals surface area (Å²) in [5.41, 5.74) is 1.41. The van der Waals surface area contributed by atoms with Crippen molar-refractivity contribution < 1.29 is 22.4 Å². The van der Waals surface area contributed by atoms with Gasteiger partial charge in [0.2, 0.25) is 10.0 Å². The largest absolute Gasteiger partial charge is 0.497 e. The fourth-order valence-corrected chi connectivity index (χ4v) is 5.45. The Balaban J connectivity index is 1.63. The molecule has 0 saturated carbocycles. The molecular formula is C22H23ClN2O5S. The highest BCUT2D eigenvalue weighted by atomic mass is 35.5. The van der Waals surface area contributed by atoms with Crippen LogP contribution in [-0.4, -0.2) is 38.8 Å². The number of nitrogens with one attached hydrogen (secondary N) is 1. The zero-order chi connectivity index (χ0) is 22.2. The van der Waals surface area contributed by atoms with E-state index in [2.05, 4.69) is 5.32 Å². The van der Waals surface area contributed by atoms with Crippen molar-refractivity contribution in [3.05, 3.63) is 52.7 Å². The van der Waals surface area contributed by atoms with Crippen molar-refractivity contribution in [1.82, 2.24) is 4.31 Å². The molecule has 1 aromatic heterocycles. The maximum Gasteiger partial charge on any atom is 0.291 e. The number of halogens is 1. The van der Waals surface area contributed by atoms with Crippen LogP contribution in [0.2, 0.25) is 5.02 Å². The summed E-state index contributed by atoms with van der Waals surface area (Å²) >= 11 is 6.25. The molecule has 2 heterocycles. The van der Waals surface area contributed by atoms with Crippen LogP contribution in [0.3, 0.4) is 0 Å². The molecule has 7 nitrogen and oxygen atoms in total. The highest BCUT2D eigenvalue weighted by Crippen LogP contribution is 2.31. The first-order chi connectivity index (χ1) is 14.8. The molecule has 1 N–H and O–H groups in total. The third-order valence-electron chi connectivity index (χ3n) is 5.49. The molecule has 0 atom stereocenters. The van der Waals surface area contributed by atoms with E-state index in [1.807, 2.05) is 0 Å². The Morgan fingerprint density at radius 2 is 1.87 bits per heavy atom. The first kappa shape index (κ1) is 21.7. The number of furan rings is 1. The number of sulfonamides is 1. The number of piperidine rings is 1. The van der Waals surface area contributed by atoms with Crippen molar-refractivity contribution in [2.45, 2.75) is 31.1 Å². The molecule has 31 heavy (non-hydrogen) atoms. The predicted molar refractivity (Wildman–Crippen MR) is 120 cm³/mol. The van der Waals surface area contributed by atoms with E-state index in [1.54, 1.807) is 32.2 Å². The Morgan fingerprint density at radius 1 is 1.13 bits per heavy atom. The van der Waals surface area contributed by atoms with Gasteiger partial charge in [0.1, 0.15) is 11.3 Å². The van der Waals surface area contributed by atoms with E-state index in [0.29, 0.717) is 30.0 Å². The number of carbonyl (C=O) groups is 1. The van der Waals surface area contributed by atoms with Gasteiger partial charge in [-0.2, -0.15) is 4.31 Å². The zero-order valence-electron chi connectivity index (χ0n) is 17.3. The number of anilines is 1. The van der Waals surface area contributed by atoms with Gasteiger partial charge in [-0.25, -0.2) is 8.42 Å². The second-order valence-corrected chi connectivity index (χ2v) is 9.82. The number of amides is 1. The van der Waals surface area contributed by atoms with Crippen molar-refractivity contribution in [2.75, 3.05) is 25.5 Å². The molecule has 2 aromatic carbocycles. The van der Waals surface area contributed by atoms with Crippen LogP contribution in [0.5, 0.6) is 5.75 Å². The van der Waals surface area contributed by atoms with Crippen molar-refractivity contribution in [3.63, 3.8) is 0 Å². The van der Waals surface area contributed by atoms with E-state index in [-0.39, 0.29) is 21.4 Å². The maximum atomic E-state index is 13.0. The average Bonchev–Trinajstić information content (AvgIpc) is 3.11. The molecule has 0 aliphatic carbocycles. The molecule has 164 valence electrons. The number of carbonyl (C=O) groups excluding carboxylic acids is 1. The SMILES string of the molecule is COc1ccc2oc(C(=O)Nc3cc(S(=O)(=O)N4CCCCC4)ccc3Cl)c(C)c2c1. The average molecular weight is 463 g/mol. The van der Waals surface area contributed by atoms with E-state index in [9.17, 15) is 13.2 Å². The Morgan fingerprint density at radius 3 is 2.58 bits per heavy atom. The predicted octanol–water partition coefficient (Wildman–Crippen LogP) is 4.83. The Labute approximate surface area is 186 Å². The quantitative estimate of drug-likeness (QED) is 0.586. The lowest BCUT2D eigenvalue weighted by atomic mass is 10.1. The second-order valence-electron chi connectivity index (χ2n) is 7.48. The van der Waals surface area contributed by atoms with Gasteiger partial charge in [0, 0.05) is 24.0 Å². The van der Waals surface area contributed by atoms with Gasteiger partial charge in [-0.1, -0.05) is 18.0 Å². The standard InChI is InChI=1S/C22H23ClN2O5S/c1-14-17-12-15(29-2)6-9-20(17)30-21(14)22(26)24-19-13-16(7-8-18(19)23)31(27,28)25-10-4-3-5-11-25/h6-9,12-13H,3-5,10-11H2,1-2H3,(H,24,26). The summed E-state index contributed by atoms with van der Waals surface area (Å²) in [6.07, 6.45) is 2.70. The van der Waals surface area contributed by atoms with Crippen LogP contribution in [0.25, 0.3) is 11.0 Å².